The zero-order chi connectivity index (χ0) is 23.2. The molecule has 10 heteroatoms. The molecule has 4 rings (SSSR count). The molecule has 0 saturated carbocycles. The van der Waals surface area contributed by atoms with E-state index in [0.29, 0.717) is 41.8 Å². The summed E-state index contributed by atoms with van der Waals surface area (Å²) in [6, 6.07) is 12.8. The lowest BCUT2D eigenvalue weighted by Gasteiger charge is -2.14. The Balaban J connectivity index is 1.52. The van der Waals surface area contributed by atoms with Gasteiger partial charge in [0.1, 0.15) is 18.1 Å². The van der Waals surface area contributed by atoms with Crippen molar-refractivity contribution in [1.29, 1.82) is 0 Å². The lowest BCUT2D eigenvalue weighted by atomic mass is 10.1. The smallest absolute Gasteiger partial charge is 0.255 e. The molecule has 0 saturated heterocycles. The summed E-state index contributed by atoms with van der Waals surface area (Å²) in [4.78, 5) is 16.9. The number of halogens is 1. The minimum absolute atomic E-state index is 0.129. The predicted molar refractivity (Wildman–Crippen MR) is 118 cm³/mol. The molecule has 168 valence electrons. The first-order valence-corrected chi connectivity index (χ1v) is 10.2. The van der Waals surface area contributed by atoms with Gasteiger partial charge in [0.15, 0.2) is 17.3 Å². The Hall–Kier alpha value is -4.34. The highest BCUT2D eigenvalue weighted by Gasteiger charge is 2.15. The summed E-state index contributed by atoms with van der Waals surface area (Å²) in [6.07, 6.45) is 3.41. The number of anilines is 1. The molecule has 0 atom stereocenters. The number of aromatic nitrogens is 5. The van der Waals surface area contributed by atoms with Crippen LogP contribution in [0.15, 0.2) is 60.9 Å². The summed E-state index contributed by atoms with van der Waals surface area (Å²) < 4.78 is 27.1. The van der Waals surface area contributed by atoms with E-state index in [1.807, 2.05) is 19.1 Å². The van der Waals surface area contributed by atoms with E-state index in [1.54, 1.807) is 37.5 Å². The fourth-order valence-electron chi connectivity index (χ4n) is 3.09. The number of hydrogen-bond donors (Lipinski definition) is 1. The van der Waals surface area contributed by atoms with Gasteiger partial charge in [0.25, 0.3) is 5.91 Å². The fourth-order valence-corrected chi connectivity index (χ4v) is 3.09. The van der Waals surface area contributed by atoms with E-state index < -0.39 is 5.82 Å². The molecular formula is C23H21FN6O3. The Morgan fingerprint density at radius 2 is 2.00 bits per heavy atom. The minimum atomic E-state index is -0.517. The average Bonchev–Trinajstić information content (AvgIpc) is 3.26. The number of nitrogens with one attached hydrogen (secondary N) is 1. The maximum atomic E-state index is 14.3. The maximum absolute atomic E-state index is 14.3. The van der Waals surface area contributed by atoms with E-state index in [0.717, 1.165) is 5.56 Å². The molecule has 33 heavy (non-hydrogen) atoms. The Bertz CT molecular complexity index is 1260. The summed E-state index contributed by atoms with van der Waals surface area (Å²) in [5.74, 6) is 0.465. The summed E-state index contributed by atoms with van der Waals surface area (Å²) >= 11 is 0. The summed E-state index contributed by atoms with van der Waals surface area (Å²) in [7, 11) is 0. The number of ether oxygens (including phenoxy) is 2. The van der Waals surface area contributed by atoms with Crippen molar-refractivity contribution in [3.05, 3.63) is 83.7 Å². The van der Waals surface area contributed by atoms with Gasteiger partial charge in [0, 0.05) is 29.2 Å². The molecule has 4 aromatic rings. The number of benzene rings is 2. The topological polar surface area (TPSA) is 104 Å². The molecule has 0 aliphatic rings. The van der Waals surface area contributed by atoms with Gasteiger partial charge in [-0.1, -0.05) is 6.07 Å². The Labute approximate surface area is 189 Å². The number of tetrazole rings is 1. The summed E-state index contributed by atoms with van der Waals surface area (Å²) in [5, 5.41) is 13.8. The van der Waals surface area contributed by atoms with Gasteiger partial charge < -0.3 is 14.8 Å². The standard InChI is InChI=1S/C23H21FN6O3/c1-3-32-22-11-17(6-9-21(22)33-14-16-5-4-10-25-13-16)23(31)26-18-7-8-19(24)20(12-18)30-15(2)27-28-29-30/h4-13H,3,14H2,1-2H3,(H,26,31). The van der Waals surface area contributed by atoms with Crippen LogP contribution >= 0.6 is 0 Å². The summed E-state index contributed by atoms with van der Waals surface area (Å²) in [6.45, 7) is 4.21. The maximum Gasteiger partial charge on any atom is 0.255 e. The second-order valence-electron chi connectivity index (χ2n) is 7.00. The van der Waals surface area contributed by atoms with Crippen molar-refractivity contribution >= 4 is 11.6 Å². The molecule has 9 nitrogen and oxygen atoms in total. The molecule has 1 amide bonds. The van der Waals surface area contributed by atoms with Gasteiger partial charge in [-0.3, -0.25) is 9.78 Å². The highest BCUT2D eigenvalue weighted by Crippen LogP contribution is 2.30. The third kappa shape index (κ3) is 5.12. The minimum Gasteiger partial charge on any atom is -0.490 e. The molecule has 2 aromatic heterocycles. The molecule has 0 radical (unpaired) electrons. The first-order chi connectivity index (χ1) is 16.0. The molecule has 1 N–H and O–H groups in total. The van der Waals surface area contributed by atoms with Crippen molar-refractivity contribution in [2.75, 3.05) is 11.9 Å². The second kappa shape index (κ2) is 9.86. The van der Waals surface area contributed by atoms with E-state index >= 15 is 0 Å². The first kappa shape index (κ1) is 21.9. The largest absolute Gasteiger partial charge is 0.490 e. The lowest BCUT2D eigenvalue weighted by molar-refractivity contribution is 0.102. The Morgan fingerprint density at radius 1 is 1.12 bits per heavy atom. The quantitative estimate of drug-likeness (QED) is 0.438. The van der Waals surface area contributed by atoms with Gasteiger partial charge in [-0.15, -0.1) is 5.10 Å². The number of hydrogen-bond acceptors (Lipinski definition) is 7. The zero-order valence-corrected chi connectivity index (χ0v) is 18.0. The van der Waals surface area contributed by atoms with Crippen LogP contribution in [0.4, 0.5) is 10.1 Å². The van der Waals surface area contributed by atoms with E-state index in [9.17, 15) is 9.18 Å². The van der Waals surface area contributed by atoms with Crippen LogP contribution in [0.2, 0.25) is 0 Å². The van der Waals surface area contributed by atoms with Crippen molar-refractivity contribution in [3.8, 4) is 17.2 Å². The molecule has 0 spiro atoms. The molecular weight excluding hydrogens is 427 g/mol. The SMILES string of the molecule is CCOc1cc(C(=O)Nc2ccc(F)c(-n3nnnc3C)c2)ccc1OCc1cccnc1. The van der Waals surface area contributed by atoms with Crippen LogP contribution in [-0.2, 0) is 6.61 Å². The number of amides is 1. The number of carbonyl (C=O) groups is 1. The third-order valence-corrected chi connectivity index (χ3v) is 4.68. The van der Waals surface area contributed by atoms with Crippen molar-refractivity contribution in [2.45, 2.75) is 20.5 Å². The van der Waals surface area contributed by atoms with E-state index in [4.69, 9.17) is 9.47 Å². The predicted octanol–water partition coefficient (Wildman–Crippen LogP) is 3.73. The molecule has 0 unspecified atom stereocenters. The van der Waals surface area contributed by atoms with Crippen molar-refractivity contribution < 1.29 is 18.7 Å². The molecule has 0 aliphatic carbocycles. The highest BCUT2D eigenvalue weighted by molar-refractivity contribution is 6.04. The highest BCUT2D eigenvalue weighted by atomic mass is 19.1. The second-order valence-corrected chi connectivity index (χ2v) is 7.00. The summed E-state index contributed by atoms with van der Waals surface area (Å²) in [5.41, 5.74) is 1.79. The van der Waals surface area contributed by atoms with Gasteiger partial charge in [0.05, 0.1) is 6.61 Å². The zero-order valence-electron chi connectivity index (χ0n) is 18.0. The van der Waals surface area contributed by atoms with Crippen molar-refractivity contribution in [1.82, 2.24) is 25.2 Å². The normalized spacial score (nSPS) is 10.6. The van der Waals surface area contributed by atoms with Gasteiger partial charge >= 0.3 is 0 Å². The fraction of sp³-hybridized carbons (Fsp3) is 0.174. The van der Waals surface area contributed by atoms with Gasteiger partial charge in [0.2, 0.25) is 0 Å². The van der Waals surface area contributed by atoms with E-state index in [2.05, 4.69) is 25.8 Å². The van der Waals surface area contributed by atoms with Crippen LogP contribution < -0.4 is 14.8 Å². The molecule has 2 aromatic carbocycles. The number of pyridine rings is 1. The number of rotatable bonds is 8. The number of carbonyl (C=O) groups excluding carboxylic acids is 1. The van der Waals surface area contributed by atoms with E-state index in [1.165, 1.54) is 22.9 Å². The van der Waals surface area contributed by atoms with Crippen LogP contribution in [-0.4, -0.2) is 37.7 Å². The average molecular weight is 448 g/mol. The third-order valence-electron chi connectivity index (χ3n) is 4.68. The monoisotopic (exact) mass is 448 g/mol. The molecule has 0 bridgehead atoms. The molecule has 2 heterocycles. The molecule has 0 aliphatic heterocycles. The van der Waals surface area contributed by atoms with Gasteiger partial charge in [-0.2, -0.15) is 4.68 Å². The van der Waals surface area contributed by atoms with Crippen molar-refractivity contribution in [2.24, 2.45) is 0 Å². The van der Waals surface area contributed by atoms with E-state index in [-0.39, 0.29) is 11.6 Å². The number of nitrogens with zero attached hydrogens (tertiary/aromatic N) is 5. The van der Waals surface area contributed by atoms with Gasteiger partial charge in [-0.25, -0.2) is 4.39 Å². The van der Waals surface area contributed by atoms with Crippen LogP contribution in [0.1, 0.15) is 28.7 Å². The van der Waals surface area contributed by atoms with Gasteiger partial charge in [-0.05, 0) is 66.7 Å². The Kier molecular flexibility index (Phi) is 6.53. The van der Waals surface area contributed by atoms with Crippen LogP contribution in [0.25, 0.3) is 5.69 Å². The molecule has 0 fully saturated rings. The van der Waals surface area contributed by atoms with Crippen molar-refractivity contribution in [3.63, 3.8) is 0 Å². The van der Waals surface area contributed by atoms with Crippen LogP contribution in [0.5, 0.6) is 11.5 Å². The Morgan fingerprint density at radius 3 is 2.73 bits per heavy atom. The lowest BCUT2D eigenvalue weighted by Crippen LogP contribution is -2.13. The first-order valence-electron chi connectivity index (χ1n) is 10.2. The van der Waals surface area contributed by atoms with Crippen LogP contribution in [0.3, 0.4) is 0 Å². The number of aryl methyl sites for hydroxylation is 1. The van der Waals surface area contributed by atoms with Crippen LogP contribution in [0, 0.1) is 12.7 Å².